The fraction of sp³-hybridized carbons (Fsp3) is 0.261. The Morgan fingerprint density at radius 2 is 1.91 bits per heavy atom. The van der Waals surface area contributed by atoms with E-state index in [4.69, 9.17) is 0 Å². The quantitative estimate of drug-likeness (QED) is 0.639. The highest BCUT2D eigenvalue weighted by Crippen LogP contribution is 2.28. The van der Waals surface area contributed by atoms with Crippen LogP contribution in [0.5, 0.6) is 0 Å². The fourth-order valence-electron chi connectivity index (χ4n) is 3.79. The van der Waals surface area contributed by atoms with Crippen LogP contribution in [0.4, 0.5) is 5.69 Å². The summed E-state index contributed by atoms with van der Waals surface area (Å²) in [5.41, 5.74) is 3.40. The number of hydrogen-bond acceptors (Lipinski definition) is 5. The van der Waals surface area contributed by atoms with Gasteiger partial charge in [-0.2, -0.15) is 5.10 Å². The maximum Gasteiger partial charge on any atom is 0.254 e. The number of carbonyl (C=O) groups excluding carboxylic acids is 3. The molecule has 3 amide bonds. The molecule has 0 radical (unpaired) electrons. The molecule has 9 heteroatoms. The molecule has 1 aromatic carbocycles. The third kappa shape index (κ3) is 4.66. The molecule has 0 spiro atoms. The minimum atomic E-state index is -0.578. The number of aryl methyl sites for hydroxylation is 1. The average molecular weight is 432 g/mol. The van der Waals surface area contributed by atoms with Crippen LogP contribution in [0.2, 0.25) is 0 Å². The van der Waals surface area contributed by atoms with Crippen LogP contribution in [0.1, 0.15) is 40.2 Å². The predicted molar refractivity (Wildman–Crippen MR) is 118 cm³/mol. The largest absolute Gasteiger partial charge is 0.350 e. The molecule has 0 bridgehead atoms. The molecule has 1 aliphatic heterocycles. The van der Waals surface area contributed by atoms with Gasteiger partial charge in [-0.25, -0.2) is 0 Å². The number of aromatic nitrogens is 3. The number of hydrogen-bond donors (Lipinski definition) is 2. The predicted octanol–water partition coefficient (Wildman–Crippen LogP) is 1.83. The zero-order valence-corrected chi connectivity index (χ0v) is 17.9. The summed E-state index contributed by atoms with van der Waals surface area (Å²) in [5.74, 6) is -1.14. The lowest BCUT2D eigenvalue weighted by atomic mass is 9.95. The van der Waals surface area contributed by atoms with Crippen LogP contribution in [0.25, 0.3) is 0 Å². The zero-order valence-electron chi connectivity index (χ0n) is 17.9. The van der Waals surface area contributed by atoms with Crippen molar-refractivity contribution < 1.29 is 14.4 Å². The van der Waals surface area contributed by atoms with E-state index in [1.165, 1.54) is 6.92 Å². The second-order valence-electron chi connectivity index (χ2n) is 7.75. The summed E-state index contributed by atoms with van der Waals surface area (Å²) in [6.45, 7) is 2.33. The molecule has 0 aliphatic carbocycles. The molecule has 0 fully saturated rings. The van der Waals surface area contributed by atoms with Gasteiger partial charge in [0.25, 0.3) is 5.91 Å². The molecule has 1 unspecified atom stereocenters. The molecule has 1 aliphatic rings. The Balaban J connectivity index is 1.51. The Labute approximate surface area is 185 Å². The number of nitrogens with one attached hydrogen (secondary N) is 2. The van der Waals surface area contributed by atoms with E-state index in [0.717, 1.165) is 11.3 Å². The number of anilines is 1. The Morgan fingerprint density at radius 1 is 1.12 bits per heavy atom. The van der Waals surface area contributed by atoms with Gasteiger partial charge in [0.15, 0.2) is 0 Å². The smallest absolute Gasteiger partial charge is 0.254 e. The molecule has 0 saturated carbocycles. The Bertz CT molecular complexity index is 1140. The first kappa shape index (κ1) is 21.2. The first-order valence-electron chi connectivity index (χ1n) is 10.3. The molecule has 32 heavy (non-hydrogen) atoms. The SMILES string of the molecule is CC(=O)Nc1ccc(C(=O)N2Cc3cn(C)nc3C(C(=O)NCc3ccccn3)C2)cc1. The number of fused-ring (bicyclic) bond motifs is 1. The van der Waals surface area contributed by atoms with Crippen LogP contribution in [0.3, 0.4) is 0 Å². The lowest BCUT2D eigenvalue weighted by Gasteiger charge is -2.31. The minimum Gasteiger partial charge on any atom is -0.350 e. The second-order valence-corrected chi connectivity index (χ2v) is 7.75. The highest BCUT2D eigenvalue weighted by Gasteiger charge is 2.35. The summed E-state index contributed by atoms with van der Waals surface area (Å²) in [4.78, 5) is 43.3. The summed E-state index contributed by atoms with van der Waals surface area (Å²) in [5, 5.41) is 10.1. The lowest BCUT2D eigenvalue weighted by molar-refractivity contribution is -0.123. The van der Waals surface area contributed by atoms with E-state index in [0.29, 0.717) is 30.0 Å². The number of rotatable bonds is 5. The number of carbonyl (C=O) groups is 3. The van der Waals surface area contributed by atoms with Crippen LogP contribution in [-0.4, -0.2) is 43.9 Å². The summed E-state index contributed by atoms with van der Waals surface area (Å²) < 4.78 is 1.67. The van der Waals surface area contributed by atoms with Crippen LogP contribution < -0.4 is 10.6 Å². The van der Waals surface area contributed by atoms with Crippen molar-refractivity contribution in [2.75, 3.05) is 11.9 Å². The maximum atomic E-state index is 13.2. The van der Waals surface area contributed by atoms with Gasteiger partial charge >= 0.3 is 0 Å². The summed E-state index contributed by atoms with van der Waals surface area (Å²) >= 11 is 0. The molecule has 1 atom stereocenters. The molecule has 9 nitrogen and oxygen atoms in total. The van der Waals surface area contributed by atoms with Crippen molar-refractivity contribution in [3.63, 3.8) is 0 Å². The minimum absolute atomic E-state index is 0.177. The standard InChI is InChI=1S/C23H24N6O3/c1-15(30)26-18-8-6-16(7-9-18)23(32)29-13-17-12-28(2)27-21(17)20(14-29)22(31)25-11-19-5-3-4-10-24-19/h3-10,12,20H,11,13-14H2,1-2H3,(H,25,31)(H,26,30). The van der Waals surface area contributed by atoms with Crippen LogP contribution in [-0.2, 0) is 29.7 Å². The third-order valence-corrected chi connectivity index (χ3v) is 5.26. The van der Waals surface area contributed by atoms with Gasteiger partial charge in [-0.3, -0.25) is 24.0 Å². The van der Waals surface area contributed by atoms with Gasteiger partial charge in [0.05, 0.1) is 23.9 Å². The first-order chi connectivity index (χ1) is 15.4. The molecule has 0 saturated heterocycles. The van der Waals surface area contributed by atoms with Crippen molar-refractivity contribution in [1.29, 1.82) is 0 Å². The monoisotopic (exact) mass is 432 g/mol. The number of benzene rings is 1. The first-order valence-corrected chi connectivity index (χ1v) is 10.3. The van der Waals surface area contributed by atoms with Crippen LogP contribution in [0, 0.1) is 0 Å². The van der Waals surface area contributed by atoms with Gasteiger partial charge in [-0.1, -0.05) is 6.07 Å². The third-order valence-electron chi connectivity index (χ3n) is 5.26. The normalized spacial score (nSPS) is 15.1. The van der Waals surface area contributed by atoms with Gasteiger partial charge in [-0.15, -0.1) is 0 Å². The summed E-state index contributed by atoms with van der Waals surface area (Å²) in [7, 11) is 1.80. The maximum absolute atomic E-state index is 13.2. The van der Waals surface area contributed by atoms with Gasteiger partial charge in [0.1, 0.15) is 0 Å². The molecular formula is C23H24N6O3. The molecule has 2 aromatic heterocycles. The Hall–Kier alpha value is -4.01. The van der Waals surface area contributed by atoms with E-state index in [2.05, 4.69) is 20.7 Å². The van der Waals surface area contributed by atoms with Gasteiger partial charge < -0.3 is 15.5 Å². The van der Waals surface area contributed by atoms with Gasteiger partial charge in [0, 0.05) is 56.3 Å². The van der Waals surface area contributed by atoms with Crippen molar-refractivity contribution in [2.24, 2.45) is 7.05 Å². The molecule has 3 heterocycles. The second kappa shape index (κ2) is 9.01. The number of amides is 3. The molecular weight excluding hydrogens is 408 g/mol. The Morgan fingerprint density at radius 3 is 2.59 bits per heavy atom. The zero-order chi connectivity index (χ0) is 22.7. The summed E-state index contributed by atoms with van der Waals surface area (Å²) in [6, 6.07) is 12.2. The molecule has 2 N–H and O–H groups in total. The molecule has 4 rings (SSSR count). The van der Waals surface area contributed by atoms with Crippen LogP contribution in [0.15, 0.2) is 54.9 Å². The van der Waals surface area contributed by atoms with E-state index in [1.807, 2.05) is 24.4 Å². The number of nitrogens with zero attached hydrogens (tertiary/aromatic N) is 4. The van der Waals surface area contributed by atoms with E-state index in [1.54, 1.807) is 47.1 Å². The van der Waals surface area contributed by atoms with E-state index in [-0.39, 0.29) is 24.3 Å². The van der Waals surface area contributed by atoms with Crippen molar-refractivity contribution in [3.05, 3.63) is 77.4 Å². The number of pyridine rings is 1. The molecule has 164 valence electrons. The van der Waals surface area contributed by atoms with Crippen molar-refractivity contribution >= 4 is 23.4 Å². The van der Waals surface area contributed by atoms with E-state index >= 15 is 0 Å². The highest BCUT2D eigenvalue weighted by atomic mass is 16.2. The van der Waals surface area contributed by atoms with Gasteiger partial charge in [-0.05, 0) is 36.4 Å². The highest BCUT2D eigenvalue weighted by molar-refractivity contribution is 5.96. The van der Waals surface area contributed by atoms with Gasteiger partial charge in [0.2, 0.25) is 11.8 Å². The summed E-state index contributed by atoms with van der Waals surface area (Å²) in [6.07, 6.45) is 3.52. The van der Waals surface area contributed by atoms with E-state index < -0.39 is 5.92 Å². The average Bonchev–Trinajstić information content (AvgIpc) is 3.17. The Kier molecular flexibility index (Phi) is 5.98. The van der Waals surface area contributed by atoms with Crippen molar-refractivity contribution in [3.8, 4) is 0 Å². The van der Waals surface area contributed by atoms with Crippen molar-refractivity contribution in [1.82, 2.24) is 25.0 Å². The topological polar surface area (TPSA) is 109 Å². The van der Waals surface area contributed by atoms with Crippen molar-refractivity contribution in [2.45, 2.75) is 25.9 Å². The fourth-order valence-corrected chi connectivity index (χ4v) is 3.79. The lowest BCUT2D eigenvalue weighted by Crippen LogP contribution is -2.43. The molecule has 3 aromatic rings. The van der Waals surface area contributed by atoms with Crippen LogP contribution >= 0.6 is 0 Å². The van der Waals surface area contributed by atoms with E-state index in [9.17, 15) is 14.4 Å².